The van der Waals surface area contributed by atoms with Gasteiger partial charge in [-0.1, -0.05) is 36.4 Å². The molecule has 0 bridgehead atoms. The maximum atomic E-state index is 13.3. The summed E-state index contributed by atoms with van der Waals surface area (Å²) in [5.41, 5.74) is 4.54. The summed E-state index contributed by atoms with van der Waals surface area (Å²) < 4.78 is 1.95. The summed E-state index contributed by atoms with van der Waals surface area (Å²) in [4.78, 5) is 27.6. The van der Waals surface area contributed by atoms with Gasteiger partial charge in [0.2, 0.25) is 0 Å². The lowest BCUT2D eigenvalue weighted by molar-refractivity contribution is 0.0691. The quantitative estimate of drug-likeness (QED) is 0.712. The summed E-state index contributed by atoms with van der Waals surface area (Å²) in [6.07, 6.45) is 4.44. The molecule has 2 amide bonds. The monoisotopic (exact) mass is 414 g/mol. The summed E-state index contributed by atoms with van der Waals surface area (Å²) >= 11 is 0. The first-order valence-electron chi connectivity index (χ1n) is 11.0. The topological polar surface area (TPSA) is 67.2 Å². The SMILES string of the molecule is O=C(NC1CCN(C(=O)c2nn(-c3ccccc3)c3c2CCC3)CC1)c1ccccc1. The fourth-order valence-corrected chi connectivity index (χ4v) is 4.63. The summed E-state index contributed by atoms with van der Waals surface area (Å²) in [5.74, 6) is -0.0366. The minimum atomic E-state index is -0.0511. The standard InChI is InChI=1S/C25H26N4O2/c30-24(18-8-3-1-4-9-18)26-19-14-16-28(17-15-19)25(31)23-21-12-7-13-22(21)29(27-23)20-10-5-2-6-11-20/h1-6,8-11,19H,7,12-17H2,(H,26,30). The number of aromatic nitrogens is 2. The van der Waals surface area contributed by atoms with Crippen molar-refractivity contribution in [1.82, 2.24) is 20.0 Å². The molecule has 2 heterocycles. The van der Waals surface area contributed by atoms with Gasteiger partial charge in [-0.15, -0.1) is 0 Å². The van der Waals surface area contributed by atoms with Gasteiger partial charge < -0.3 is 10.2 Å². The van der Waals surface area contributed by atoms with E-state index >= 15 is 0 Å². The minimum Gasteiger partial charge on any atom is -0.349 e. The Morgan fingerprint density at radius 1 is 0.903 bits per heavy atom. The van der Waals surface area contributed by atoms with E-state index < -0.39 is 0 Å². The average molecular weight is 415 g/mol. The van der Waals surface area contributed by atoms with E-state index in [-0.39, 0.29) is 17.9 Å². The van der Waals surface area contributed by atoms with Crippen molar-refractivity contribution < 1.29 is 9.59 Å². The van der Waals surface area contributed by atoms with Gasteiger partial charge in [0.15, 0.2) is 5.69 Å². The summed E-state index contributed by atoms with van der Waals surface area (Å²) in [6, 6.07) is 19.4. The van der Waals surface area contributed by atoms with Crippen LogP contribution in [0.25, 0.3) is 5.69 Å². The molecule has 1 aliphatic carbocycles. The first-order chi connectivity index (χ1) is 15.2. The van der Waals surface area contributed by atoms with Crippen LogP contribution in [0.3, 0.4) is 0 Å². The zero-order valence-electron chi connectivity index (χ0n) is 17.5. The third-order valence-corrected chi connectivity index (χ3v) is 6.29. The Bertz CT molecular complexity index is 1080. The number of hydrogen-bond donors (Lipinski definition) is 1. The molecule has 5 rings (SSSR count). The number of nitrogens with zero attached hydrogens (tertiary/aromatic N) is 3. The van der Waals surface area contributed by atoms with Crippen LogP contribution in [0.5, 0.6) is 0 Å². The maximum absolute atomic E-state index is 13.3. The van der Waals surface area contributed by atoms with Crippen LogP contribution >= 0.6 is 0 Å². The molecule has 31 heavy (non-hydrogen) atoms. The zero-order valence-corrected chi connectivity index (χ0v) is 17.5. The van der Waals surface area contributed by atoms with Gasteiger partial charge in [-0.05, 0) is 56.4 Å². The molecule has 6 heteroatoms. The fraction of sp³-hybridized carbons (Fsp3) is 0.320. The molecule has 0 spiro atoms. The van der Waals surface area contributed by atoms with Crippen molar-refractivity contribution in [1.29, 1.82) is 0 Å². The number of likely N-dealkylation sites (tertiary alicyclic amines) is 1. The molecule has 0 atom stereocenters. The molecule has 1 fully saturated rings. The van der Waals surface area contributed by atoms with E-state index in [9.17, 15) is 9.59 Å². The number of piperidine rings is 1. The number of carbonyl (C=O) groups is 2. The molecule has 0 unspecified atom stereocenters. The predicted molar refractivity (Wildman–Crippen MR) is 118 cm³/mol. The van der Waals surface area contributed by atoms with Crippen molar-refractivity contribution in [2.45, 2.75) is 38.1 Å². The van der Waals surface area contributed by atoms with E-state index in [2.05, 4.69) is 5.32 Å². The molecule has 1 saturated heterocycles. The Morgan fingerprint density at radius 2 is 1.58 bits per heavy atom. The second kappa shape index (κ2) is 8.38. The number of benzene rings is 2. The van der Waals surface area contributed by atoms with E-state index in [1.54, 1.807) is 0 Å². The lowest BCUT2D eigenvalue weighted by Gasteiger charge is -2.32. The van der Waals surface area contributed by atoms with Crippen molar-refractivity contribution in [3.63, 3.8) is 0 Å². The van der Waals surface area contributed by atoms with Crippen molar-refractivity contribution in [3.8, 4) is 5.69 Å². The van der Waals surface area contributed by atoms with Crippen molar-refractivity contribution in [3.05, 3.63) is 83.2 Å². The van der Waals surface area contributed by atoms with Gasteiger partial charge in [0.05, 0.1) is 5.69 Å². The van der Waals surface area contributed by atoms with Gasteiger partial charge in [-0.25, -0.2) is 4.68 Å². The number of amides is 2. The van der Waals surface area contributed by atoms with Gasteiger partial charge in [-0.3, -0.25) is 9.59 Å². The van der Waals surface area contributed by atoms with Gasteiger partial charge in [-0.2, -0.15) is 5.10 Å². The molecular formula is C25H26N4O2. The minimum absolute atomic E-state index is 0.0145. The van der Waals surface area contributed by atoms with Crippen LogP contribution in [0.2, 0.25) is 0 Å². The highest BCUT2D eigenvalue weighted by Gasteiger charge is 2.31. The van der Waals surface area contributed by atoms with Crippen molar-refractivity contribution >= 4 is 11.8 Å². The van der Waals surface area contributed by atoms with Crippen LogP contribution < -0.4 is 5.32 Å². The third kappa shape index (κ3) is 3.85. The van der Waals surface area contributed by atoms with E-state index in [0.717, 1.165) is 43.4 Å². The lowest BCUT2D eigenvalue weighted by atomic mass is 10.0. The molecule has 0 radical (unpaired) electrons. The highest BCUT2D eigenvalue weighted by atomic mass is 16.2. The fourth-order valence-electron chi connectivity index (χ4n) is 4.63. The number of para-hydroxylation sites is 1. The normalized spacial score (nSPS) is 16.2. The highest BCUT2D eigenvalue weighted by molar-refractivity contribution is 5.95. The van der Waals surface area contributed by atoms with Crippen LogP contribution in [0.4, 0.5) is 0 Å². The van der Waals surface area contributed by atoms with Gasteiger partial charge in [0.25, 0.3) is 11.8 Å². The van der Waals surface area contributed by atoms with E-state index in [1.807, 2.05) is 70.2 Å². The summed E-state index contributed by atoms with van der Waals surface area (Å²) in [7, 11) is 0. The first kappa shape index (κ1) is 19.5. The predicted octanol–water partition coefficient (Wildman–Crippen LogP) is 3.40. The Labute approximate surface area is 181 Å². The molecule has 3 aromatic rings. The number of carbonyl (C=O) groups excluding carboxylic acids is 2. The largest absolute Gasteiger partial charge is 0.349 e. The molecule has 158 valence electrons. The number of rotatable bonds is 4. The molecule has 1 N–H and O–H groups in total. The number of fused-ring (bicyclic) bond motifs is 1. The van der Waals surface area contributed by atoms with Crippen LogP contribution in [0.15, 0.2) is 60.7 Å². The Balaban J connectivity index is 1.27. The van der Waals surface area contributed by atoms with Crippen LogP contribution in [0.1, 0.15) is 51.4 Å². The molecule has 1 aliphatic heterocycles. The molecule has 2 aliphatic rings. The first-order valence-corrected chi connectivity index (χ1v) is 11.0. The van der Waals surface area contributed by atoms with Crippen LogP contribution in [-0.4, -0.2) is 45.6 Å². The highest BCUT2D eigenvalue weighted by Crippen LogP contribution is 2.29. The molecular weight excluding hydrogens is 388 g/mol. The van der Waals surface area contributed by atoms with Crippen LogP contribution in [0, 0.1) is 0 Å². The number of nitrogens with one attached hydrogen (secondary N) is 1. The van der Waals surface area contributed by atoms with Crippen molar-refractivity contribution in [2.75, 3.05) is 13.1 Å². The van der Waals surface area contributed by atoms with Crippen molar-refractivity contribution in [2.24, 2.45) is 0 Å². The zero-order chi connectivity index (χ0) is 21.2. The average Bonchev–Trinajstić information content (AvgIpc) is 3.43. The van der Waals surface area contributed by atoms with Gasteiger partial charge in [0, 0.05) is 36.0 Å². The molecule has 1 aromatic heterocycles. The Hall–Kier alpha value is -3.41. The molecule has 6 nitrogen and oxygen atoms in total. The van der Waals surface area contributed by atoms with E-state index in [4.69, 9.17) is 5.10 Å². The third-order valence-electron chi connectivity index (χ3n) is 6.29. The molecule has 0 saturated carbocycles. The van der Waals surface area contributed by atoms with Gasteiger partial charge in [0.1, 0.15) is 0 Å². The van der Waals surface area contributed by atoms with Gasteiger partial charge >= 0.3 is 0 Å². The van der Waals surface area contributed by atoms with E-state index in [0.29, 0.717) is 24.3 Å². The maximum Gasteiger partial charge on any atom is 0.274 e. The van der Waals surface area contributed by atoms with E-state index in [1.165, 1.54) is 5.69 Å². The number of hydrogen-bond acceptors (Lipinski definition) is 3. The smallest absolute Gasteiger partial charge is 0.274 e. The summed E-state index contributed by atoms with van der Waals surface area (Å²) in [6.45, 7) is 1.26. The second-order valence-corrected chi connectivity index (χ2v) is 8.28. The second-order valence-electron chi connectivity index (χ2n) is 8.28. The lowest BCUT2D eigenvalue weighted by Crippen LogP contribution is -2.46. The summed E-state index contributed by atoms with van der Waals surface area (Å²) in [5, 5.41) is 7.85. The Kier molecular flexibility index (Phi) is 5.28. The van der Waals surface area contributed by atoms with Crippen LogP contribution in [-0.2, 0) is 12.8 Å². The Morgan fingerprint density at radius 3 is 2.29 bits per heavy atom. The molecule has 2 aromatic carbocycles.